The molecule has 3 N–H and O–H groups in total. The van der Waals surface area contributed by atoms with Crippen LogP contribution in [0.2, 0.25) is 0 Å². The number of carbonyl (C=O) groups is 2. The maximum atomic E-state index is 13.5. The van der Waals surface area contributed by atoms with Gasteiger partial charge in [-0.05, 0) is 24.6 Å². The third-order valence-electron chi connectivity index (χ3n) is 3.35. The molecule has 0 aliphatic heterocycles. The summed E-state index contributed by atoms with van der Waals surface area (Å²) >= 11 is 0.742. The molecule has 0 aliphatic rings. The summed E-state index contributed by atoms with van der Waals surface area (Å²) in [6.07, 6.45) is -4.70. The van der Waals surface area contributed by atoms with Crippen LogP contribution in [0.4, 0.5) is 13.2 Å². The molecule has 0 spiro atoms. The summed E-state index contributed by atoms with van der Waals surface area (Å²) in [4.78, 5) is 23.3. The second-order valence-electron chi connectivity index (χ2n) is 4.97. The molecule has 0 aliphatic carbocycles. The molecule has 2 rings (SSSR count). The minimum absolute atomic E-state index is 0.0230. The van der Waals surface area contributed by atoms with Crippen LogP contribution in [0.25, 0.3) is 0 Å². The van der Waals surface area contributed by atoms with Gasteiger partial charge in [0.1, 0.15) is 0 Å². The molecule has 4 nitrogen and oxygen atoms in total. The Morgan fingerprint density at radius 2 is 1.61 bits per heavy atom. The van der Waals surface area contributed by atoms with Crippen molar-refractivity contribution >= 4 is 23.2 Å². The fourth-order valence-corrected chi connectivity index (χ4v) is 2.71. The molecule has 23 heavy (non-hydrogen) atoms. The number of benzene rings is 1. The number of amides is 2. The van der Waals surface area contributed by atoms with Crippen LogP contribution in [-0.2, 0) is 5.54 Å². The zero-order valence-electron chi connectivity index (χ0n) is 12.0. The third kappa shape index (κ3) is 3.37. The van der Waals surface area contributed by atoms with Crippen molar-refractivity contribution in [3.63, 3.8) is 0 Å². The lowest BCUT2D eigenvalue weighted by Gasteiger charge is -2.33. The summed E-state index contributed by atoms with van der Waals surface area (Å²) < 4.78 is 40.5. The second-order valence-corrected chi connectivity index (χ2v) is 6.05. The number of nitrogens with two attached hydrogens (primary N) is 1. The van der Waals surface area contributed by atoms with Gasteiger partial charge in [0.15, 0.2) is 5.54 Å². The zero-order valence-corrected chi connectivity index (χ0v) is 12.8. The summed E-state index contributed by atoms with van der Waals surface area (Å²) in [5, 5.41) is 2.01. The second kappa shape index (κ2) is 6.04. The molecule has 0 radical (unpaired) electrons. The summed E-state index contributed by atoms with van der Waals surface area (Å²) in [5.41, 5.74) is 2.43. The van der Waals surface area contributed by atoms with Crippen LogP contribution < -0.4 is 11.1 Å². The van der Waals surface area contributed by atoms with Crippen molar-refractivity contribution in [1.82, 2.24) is 5.32 Å². The van der Waals surface area contributed by atoms with Crippen LogP contribution >= 0.6 is 11.3 Å². The van der Waals surface area contributed by atoms with Gasteiger partial charge in [-0.1, -0.05) is 30.3 Å². The molecular weight excluding hydrogens is 329 g/mol. The first-order valence-electron chi connectivity index (χ1n) is 6.49. The number of carbonyl (C=O) groups excluding carboxylic acids is 2. The van der Waals surface area contributed by atoms with E-state index in [9.17, 15) is 22.8 Å². The predicted molar refractivity (Wildman–Crippen MR) is 80.2 cm³/mol. The average Bonchev–Trinajstić information content (AvgIpc) is 2.97. The Hall–Kier alpha value is -2.35. The Morgan fingerprint density at radius 1 is 1.04 bits per heavy atom. The van der Waals surface area contributed by atoms with Gasteiger partial charge in [0.25, 0.3) is 11.8 Å². The number of rotatable bonds is 4. The minimum Gasteiger partial charge on any atom is -0.365 e. The highest BCUT2D eigenvalue weighted by molar-refractivity contribution is 7.15. The van der Waals surface area contributed by atoms with Crippen LogP contribution in [0, 0.1) is 0 Å². The topological polar surface area (TPSA) is 72.2 Å². The first-order chi connectivity index (χ1) is 10.6. The Morgan fingerprint density at radius 3 is 2.09 bits per heavy atom. The highest BCUT2D eigenvalue weighted by Gasteiger charge is 2.53. The van der Waals surface area contributed by atoms with Gasteiger partial charge in [0, 0.05) is 0 Å². The van der Waals surface area contributed by atoms with E-state index in [4.69, 9.17) is 5.73 Å². The highest BCUT2D eigenvalue weighted by atomic mass is 32.1. The molecule has 122 valence electrons. The molecule has 2 aromatic rings. The van der Waals surface area contributed by atoms with Crippen LogP contribution in [-0.4, -0.2) is 18.0 Å². The van der Waals surface area contributed by atoms with Gasteiger partial charge in [-0.25, -0.2) is 0 Å². The number of hydrogen-bond acceptors (Lipinski definition) is 3. The molecule has 2 amide bonds. The Balaban J connectivity index is 2.35. The Labute approximate surface area is 134 Å². The highest BCUT2D eigenvalue weighted by Crippen LogP contribution is 2.39. The molecule has 0 fully saturated rings. The van der Waals surface area contributed by atoms with Gasteiger partial charge in [-0.2, -0.15) is 13.2 Å². The largest absolute Gasteiger partial charge is 0.415 e. The van der Waals surface area contributed by atoms with E-state index in [0.717, 1.165) is 18.3 Å². The van der Waals surface area contributed by atoms with E-state index >= 15 is 0 Å². The molecule has 0 saturated carbocycles. The normalized spacial score (nSPS) is 14.1. The fraction of sp³-hybridized carbons (Fsp3) is 0.200. The maximum absolute atomic E-state index is 13.5. The summed E-state index contributed by atoms with van der Waals surface area (Å²) in [6, 6.07) is 9.65. The lowest BCUT2D eigenvalue weighted by molar-refractivity contribution is -0.192. The molecule has 1 aromatic heterocycles. The van der Waals surface area contributed by atoms with Gasteiger partial charge in [0.05, 0.1) is 9.75 Å². The van der Waals surface area contributed by atoms with Gasteiger partial charge in [-0.15, -0.1) is 11.3 Å². The summed E-state index contributed by atoms with van der Waals surface area (Å²) in [5.74, 6) is -1.66. The number of primary amides is 1. The number of thiophene rings is 1. The summed E-state index contributed by atoms with van der Waals surface area (Å²) in [6.45, 7) is 0.892. The SMILES string of the molecule is C[C@@](NC(=O)c1ccc(C(N)=O)s1)(c1ccccc1)C(F)(F)F. The molecule has 0 saturated heterocycles. The smallest absolute Gasteiger partial charge is 0.365 e. The molecule has 1 heterocycles. The molecular formula is C15H13F3N2O2S. The van der Waals surface area contributed by atoms with Crippen LogP contribution in [0.5, 0.6) is 0 Å². The van der Waals surface area contributed by atoms with E-state index in [1.807, 2.05) is 5.32 Å². The van der Waals surface area contributed by atoms with Gasteiger partial charge in [-0.3, -0.25) is 9.59 Å². The van der Waals surface area contributed by atoms with Crippen molar-refractivity contribution in [1.29, 1.82) is 0 Å². The number of halogens is 3. The molecule has 8 heteroatoms. The average molecular weight is 342 g/mol. The zero-order chi connectivity index (χ0) is 17.3. The quantitative estimate of drug-likeness (QED) is 0.896. The van der Waals surface area contributed by atoms with E-state index in [-0.39, 0.29) is 15.3 Å². The van der Waals surface area contributed by atoms with E-state index < -0.39 is 23.5 Å². The monoisotopic (exact) mass is 342 g/mol. The lowest BCUT2D eigenvalue weighted by atomic mass is 9.91. The van der Waals surface area contributed by atoms with Crippen LogP contribution in [0.15, 0.2) is 42.5 Å². The van der Waals surface area contributed by atoms with E-state index in [1.54, 1.807) is 6.07 Å². The molecule has 1 atom stereocenters. The van der Waals surface area contributed by atoms with Crippen molar-refractivity contribution in [3.05, 3.63) is 57.8 Å². The van der Waals surface area contributed by atoms with Crippen molar-refractivity contribution < 1.29 is 22.8 Å². The molecule has 0 bridgehead atoms. The Kier molecular flexibility index (Phi) is 4.46. The van der Waals surface area contributed by atoms with Gasteiger partial charge in [0.2, 0.25) is 0 Å². The standard InChI is InChI=1S/C15H13F3N2O2S/c1-14(15(16,17)18,9-5-3-2-4-6-9)20-13(22)11-8-7-10(23-11)12(19)21/h2-8H,1H3,(H2,19,21)(H,20,22)/t14-/m1/s1. The Bertz CT molecular complexity index is 728. The van der Waals surface area contributed by atoms with Crippen molar-refractivity contribution in [2.45, 2.75) is 18.6 Å². The lowest BCUT2D eigenvalue weighted by Crippen LogP contribution is -2.53. The predicted octanol–water partition coefficient (Wildman–Crippen LogP) is 3.05. The van der Waals surface area contributed by atoms with E-state index in [2.05, 4.69) is 0 Å². The first kappa shape index (κ1) is 17.0. The van der Waals surface area contributed by atoms with E-state index in [0.29, 0.717) is 0 Å². The number of nitrogens with one attached hydrogen (secondary N) is 1. The number of alkyl halides is 3. The van der Waals surface area contributed by atoms with Crippen molar-refractivity contribution in [2.24, 2.45) is 5.73 Å². The van der Waals surface area contributed by atoms with Gasteiger partial charge >= 0.3 is 6.18 Å². The van der Waals surface area contributed by atoms with Crippen molar-refractivity contribution in [2.75, 3.05) is 0 Å². The van der Waals surface area contributed by atoms with Crippen molar-refractivity contribution in [3.8, 4) is 0 Å². The van der Waals surface area contributed by atoms with E-state index in [1.165, 1.54) is 36.4 Å². The van der Waals surface area contributed by atoms with Gasteiger partial charge < -0.3 is 11.1 Å². The maximum Gasteiger partial charge on any atom is 0.415 e. The molecule has 0 unspecified atom stereocenters. The molecule has 1 aromatic carbocycles. The first-order valence-corrected chi connectivity index (χ1v) is 7.31. The third-order valence-corrected chi connectivity index (χ3v) is 4.45. The van der Waals surface area contributed by atoms with Crippen LogP contribution in [0.1, 0.15) is 31.8 Å². The van der Waals surface area contributed by atoms with Crippen LogP contribution in [0.3, 0.4) is 0 Å². The summed E-state index contributed by atoms with van der Waals surface area (Å²) in [7, 11) is 0. The minimum atomic E-state index is -4.70. The fourth-order valence-electron chi connectivity index (χ4n) is 1.96. The number of hydrogen-bond donors (Lipinski definition) is 2.